The molecule has 1 atom stereocenters. The van der Waals surface area contributed by atoms with Crippen LogP contribution >= 0.6 is 0 Å². The lowest BCUT2D eigenvalue weighted by molar-refractivity contribution is -0.131. The molecule has 1 saturated heterocycles. The van der Waals surface area contributed by atoms with Crippen LogP contribution in [0.25, 0.3) is 0 Å². The van der Waals surface area contributed by atoms with Crippen molar-refractivity contribution in [1.29, 1.82) is 0 Å². The highest BCUT2D eigenvalue weighted by molar-refractivity contribution is 5.69. The molecule has 0 amide bonds. The number of piperazine rings is 1. The van der Waals surface area contributed by atoms with Crippen molar-refractivity contribution < 1.29 is 9.53 Å². The predicted octanol–water partition coefficient (Wildman–Crippen LogP) is 2.52. The van der Waals surface area contributed by atoms with Crippen LogP contribution < -0.4 is 10.1 Å². The number of hydrogen-bond donors (Lipinski definition) is 1. The van der Waals surface area contributed by atoms with Gasteiger partial charge in [0.1, 0.15) is 5.75 Å². The fourth-order valence-corrected chi connectivity index (χ4v) is 2.78. The van der Waals surface area contributed by atoms with Crippen molar-refractivity contribution in [2.24, 2.45) is 0 Å². The van der Waals surface area contributed by atoms with Crippen LogP contribution in [0.5, 0.6) is 5.75 Å². The topological polar surface area (TPSA) is 41.6 Å². The van der Waals surface area contributed by atoms with Crippen molar-refractivity contribution in [1.82, 2.24) is 10.2 Å². The molecule has 0 saturated carbocycles. The van der Waals surface area contributed by atoms with Crippen molar-refractivity contribution in [3.05, 3.63) is 42.5 Å². The van der Waals surface area contributed by atoms with E-state index in [1.807, 2.05) is 24.3 Å². The van der Waals surface area contributed by atoms with E-state index in [0.29, 0.717) is 11.8 Å². The highest BCUT2D eigenvalue weighted by Crippen LogP contribution is 2.28. The van der Waals surface area contributed by atoms with Crippen molar-refractivity contribution in [3.63, 3.8) is 0 Å². The lowest BCUT2D eigenvalue weighted by Crippen LogP contribution is -2.45. The summed E-state index contributed by atoms with van der Waals surface area (Å²) in [5.41, 5.74) is 1.21. The first-order valence-electron chi connectivity index (χ1n) is 7.54. The minimum atomic E-state index is -0.281. The van der Waals surface area contributed by atoms with Gasteiger partial charge in [-0.3, -0.25) is 9.69 Å². The van der Waals surface area contributed by atoms with Gasteiger partial charge < -0.3 is 10.1 Å². The number of allylic oxidation sites excluding steroid dienone is 1. The smallest absolute Gasteiger partial charge is 0.308 e. The van der Waals surface area contributed by atoms with Crippen LogP contribution in [0.2, 0.25) is 0 Å². The summed E-state index contributed by atoms with van der Waals surface area (Å²) in [4.78, 5) is 13.6. The lowest BCUT2D eigenvalue weighted by Gasteiger charge is -2.35. The third-order valence-corrected chi connectivity index (χ3v) is 3.74. The van der Waals surface area contributed by atoms with Gasteiger partial charge >= 0.3 is 5.97 Å². The van der Waals surface area contributed by atoms with Gasteiger partial charge in [-0.2, -0.15) is 0 Å². The average Bonchev–Trinajstić information content (AvgIpc) is 2.48. The first kappa shape index (κ1) is 15.7. The Bertz CT molecular complexity index is 481. The van der Waals surface area contributed by atoms with Crippen molar-refractivity contribution in [2.45, 2.75) is 25.8 Å². The number of hydrogen-bond acceptors (Lipinski definition) is 4. The predicted molar refractivity (Wildman–Crippen MR) is 84.4 cm³/mol. The molecule has 21 heavy (non-hydrogen) atoms. The molecule has 1 heterocycles. The molecule has 2 rings (SSSR count). The molecule has 1 aliphatic rings. The van der Waals surface area contributed by atoms with E-state index in [1.165, 1.54) is 12.5 Å². The Kier molecular flexibility index (Phi) is 5.96. The summed E-state index contributed by atoms with van der Waals surface area (Å²) in [6, 6.07) is 8.23. The summed E-state index contributed by atoms with van der Waals surface area (Å²) < 4.78 is 5.21. The number of ether oxygens (including phenoxy) is 1. The fraction of sp³-hybridized carbons (Fsp3) is 0.471. The van der Waals surface area contributed by atoms with E-state index in [0.717, 1.165) is 39.0 Å². The van der Waals surface area contributed by atoms with Crippen LogP contribution in [0.1, 0.15) is 31.4 Å². The molecule has 1 aliphatic heterocycles. The molecule has 1 N–H and O–H groups in total. The quantitative estimate of drug-likeness (QED) is 0.496. The summed E-state index contributed by atoms with van der Waals surface area (Å²) in [6.07, 6.45) is 3.98. The molecular weight excluding hydrogens is 264 g/mol. The van der Waals surface area contributed by atoms with E-state index >= 15 is 0 Å². The highest BCUT2D eigenvalue weighted by atomic mass is 16.5. The number of carbonyl (C=O) groups excluding carboxylic acids is 1. The Balaban J connectivity index is 2.18. The van der Waals surface area contributed by atoms with Gasteiger partial charge in [0.2, 0.25) is 0 Å². The lowest BCUT2D eigenvalue weighted by atomic mass is 9.99. The largest absolute Gasteiger partial charge is 0.427 e. The van der Waals surface area contributed by atoms with Crippen LogP contribution in [0.15, 0.2) is 36.9 Å². The maximum atomic E-state index is 11.1. The zero-order chi connectivity index (χ0) is 15.1. The Labute approximate surface area is 126 Å². The fourth-order valence-electron chi connectivity index (χ4n) is 2.78. The summed E-state index contributed by atoms with van der Waals surface area (Å²) in [5, 5.41) is 3.38. The van der Waals surface area contributed by atoms with E-state index in [2.05, 4.69) is 22.9 Å². The van der Waals surface area contributed by atoms with Gasteiger partial charge in [0.25, 0.3) is 0 Å². The minimum absolute atomic E-state index is 0.281. The van der Waals surface area contributed by atoms with Gasteiger partial charge in [-0.15, -0.1) is 6.58 Å². The molecule has 0 radical (unpaired) electrons. The van der Waals surface area contributed by atoms with Crippen LogP contribution in [-0.4, -0.2) is 37.0 Å². The molecule has 4 heteroatoms. The first-order chi connectivity index (χ1) is 10.2. The van der Waals surface area contributed by atoms with E-state index in [9.17, 15) is 4.79 Å². The molecule has 114 valence electrons. The Morgan fingerprint density at radius 2 is 2.24 bits per heavy atom. The second-order valence-corrected chi connectivity index (χ2v) is 5.33. The van der Waals surface area contributed by atoms with E-state index in [1.54, 1.807) is 0 Å². The highest BCUT2D eigenvalue weighted by Gasteiger charge is 2.21. The maximum absolute atomic E-state index is 11.1. The van der Waals surface area contributed by atoms with E-state index in [4.69, 9.17) is 4.74 Å². The number of nitrogens with zero attached hydrogens (tertiary/aromatic N) is 1. The van der Waals surface area contributed by atoms with Gasteiger partial charge in [0.05, 0.1) is 0 Å². The zero-order valence-corrected chi connectivity index (χ0v) is 12.7. The number of nitrogens with one attached hydrogen (secondary N) is 1. The molecule has 0 aliphatic carbocycles. The monoisotopic (exact) mass is 288 g/mol. The first-order valence-corrected chi connectivity index (χ1v) is 7.54. The van der Waals surface area contributed by atoms with Crippen LogP contribution in [0, 0.1) is 0 Å². The summed E-state index contributed by atoms with van der Waals surface area (Å²) in [7, 11) is 0. The van der Waals surface area contributed by atoms with Crippen molar-refractivity contribution >= 4 is 5.97 Å². The molecular formula is C17H24N2O2. The third kappa shape index (κ3) is 4.69. The summed E-state index contributed by atoms with van der Waals surface area (Å²) in [6.45, 7) is 9.38. The van der Waals surface area contributed by atoms with Gasteiger partial charge in [0.15, 0.2) is 0 Å². The molecule has 1 aromatic carbocycles. The van der Waals surface area contributed by atoms with Crippen LogP contribution in [0.3, 0.4) is 0 Å². The van der Waals surface area contributed by atoms with Gasteiger partial charge in [-0.05, 0) is 30.5 Å². The third-order valence-electron chi connectivity index (χ3n) is 3.74. The molecule has 0 unspecified atom stereocenters. The second kappa shape index (κ2) is 7.96. The molecule has 0 bridgehead atoms. The van der Waals surface area contributed by atoms with Gasteiger partial charge in [0, 0.05) is 39.1 Å². The molecule has 1 aromatic rings. The zero-order valence-electron chi connectivity index (χ0n) is 12.7. The number of esters is 1. The second-order valence-electron chi connectivity index (χ2n) is 5.33. The van der Waals surface area contributed by atoms with E-state index in [-0.39, 0.29) is 5.97 Å². The number of carbonyl (C=O) groups is 1. The Morgan fingerprint density at radius 3 is 2.90 bits per heavy atom. The normalized spacial score (nSPS) is 17.2. The summed E-state index contributed by atoms with van der Waals surface area (Å²) in [5.74, 6) is 0.343. The average molecular weight is 288 g/mol. The van der Waals surface area contributed by atoms with Crippen molar-refractivity contribution in [2.75, 3.05) is 26.2 Å². The van der Waals surface area contributed by atoms with Gasteiger partial charge in [-0.1, -0.05) is 18.2 Å². The molecule has 1 fully saturated rings. The minimum Gasteiger partial charge on any atom is -0.427 e. The molecule has 0 aromatic heterocycles. The van der Waals surface area contributed by atoms with Crippen molar-refractivity contribution in [3.8, 4) is 5.75 Å². The standard InChI is InChI=1S/C17H24N2O2/c1-3-4-8-17(19-11-9-18-10-12-19)15-6-5-7-16(13-15)21-14(2)20/h3,5-7,13,17-18H,1,4,8-12H2,2H3/t17-/m0/s1. The maximum Gasteiger partial charge on any atom is 0.308 e. The Hall–Kier alpha value is -1.65. The molecule has 0 spiro atoms. The SMILES string of the molecule is C=CCC[C@@H](c1cccc(OC(C)=O)c1)N1CCNCC1. The Morgan fingerprint density at radius 1 is 1.48 bits per heavy atom. The van der Waals surface area contributed by atoms with Crippen LogP contribution in [0.4, 0.5) is 0 Å². The molecule has 4 nitrogen and oxygen atoms in total. The summed E-state index contributed by atoms with van der Waals surface area (Å²) >= 11 is 0. The van der Waals surface area contributed by atoms with Gasteiger partial charge in [-0.25, -0.2) is 0 Å². The van der Waals surface area contributed by atoms with Crippen LogP contribution in [-0.2, 0) is 4.79 Å². The number of rotatable bonds is 6. The van der Waals surface area contributed by atoms with E-state index < -0.39 is 0 Å². The number of benzene rings is 1.